The highest BCUT2D eigenvalue weighted by Gasteiger charge is 2.55. The van der Waals surface area contributed by atoms with E-state index in [1.807, 2.05) is 88.4 Å². The summed E-state index contributed by atoms with van der Waals surface area (Å²) in [6.07, 6.45) is 0. The summed E-state index contributed by atoms with van der Waals surface area (Å²) in [6, 6.07) is 19.1. The first-order chi connectivity index (χ1) is 11.3. The number of hydrogen-bond donors (Lipinski definition) is 0. The summed E-state index contributed by atoms with van der Waals surface area (Å²) in [5, 5.41) is 0. The molecule has 0 aliphatic carbocycles. The predicted octanol–water partition coefficient (Wildman–Crippen LogP) is 4.28. The second-order valence-electron chi connectivity index (χ2n) is 7.24. The molecule has 2 aromatic carbocycles. The Morgan fingerprint density at radius 2 is 1.29 bits per heavy atom. The molecule has 4 heteroatoms. The molecule has 1 saturated heterocycles. The summed E-state index contributed by atoms with van der Waals surface area (Å²) in [5.74, 6) is -0.477. The average molecular weight is 322 g/mol. The molecule has 0 bridgehead atoms. The van der Waals surface area contributed by atoms with Crippen LogP contribution in [-0.4, -0.2) is 24.1 Å². The number of Topliss-reactive ketones (excluding diaryl/α,β-unsaturated/α-hetero) is 1. The Morgan fingerprint density at radius 1 is 0.833 bits per heavy atom. The Morgan fingerprint density at radius 3 is 1.79 bits per heavy atom. The monoisotopic (exact) mass is 322 g/mol. The standard InChI is InChI=1S/C20H23BO3/c1-19(2)20(3,4)24-21(23-19)17(15-11-7-5-8-12-15)18(22)16-13-9-6-10-14-16/h5-14,17H,1-4H3. The molecule has 0 aromatic heterocycles. The van der Waals surface area contributed by atoms with Crippen molar-refractivity contribution in [3.8, 4) is 0 Å². The van der Waals surface area contributed by atoms with Crippen LogP contribution in [0.5, 0.6) is 0 Å². The largest absolute Gasteiger partial charge is 0.474 e. The number of hydrogen-bond acceptors (Lipinski definition) is 3. The molecule has 2 aromatic rings. The zero-order valence-electron chi connectivity index (χ0n) is 14.7. The lowest BCUT2D eigenvalue weighted by molar-refractivity contribution is 0.00578. The van der Waals surface area contributed by atoms with Crippen LogP contribution < -0.4 is 0 Å². The maximum absolute atomic E-state index is 13.2. The fourth-order valence-electron chi connectivity index (χ4n) is 2.90. The first-order valence-electron chi connectivity index (χ1n) is 8.32. The third-order valence-corrected chi connectivity index (χ3v) is 5.04. The molecule has 3 nitrogen and oxygen atoms in total. The Bertz CT molecular complexity index is 694. The average Bonchev–Trinajstić information content (AvgIpc) is 2.77. The topological polar surface area (TPSA) is 35.5 Å². The quantitative estimate of drug-likeness (QED) is 0.622. The van der Waals surface area contributed by atoms with E-state index in [0.717, 1.165) is 5.56 Å². The molecule has 0 saturated carbocycles. The fraction of sp³-hybridized carbons (Fsp3) is 0.350. The van der Waals surface area contributed by atoms with Crippen LogP contribution in [0.15, 0.2) is 60.7 Å². The number of ketones is 1. The van der Waals surface area contributed by atoms with Crippen molar-refractivity contribution in [2.45, 2.75) is 44.7 Å². The van der Waals surface area contributed by atoms with Gasteiger partial charge in [-0.15, -0.1) is 0 Å². The van der Waals surface area contributed by atoms with Crippen LogP contribution in [0.4, 0.5) is 0 Å². The minimum absolute atomic E-state index is 0.0142. The first-order valence-corrected chi connectivity index (χ1v) is 8.32. The SMILES string of the molecule is CC1(C)OB(C(C(=O)c2ccccc2)c2ccccc2)OC1(C)C. The zero-order valence-corrected chi connectivity index (χ0v) is 14.7. The van der Waals surface area contributed by atoms with E-state index >= 15 is 0 Å². The van der Waals surface area contributed by atoms with Crippen LogP contribution >= 0.6 is 0 Å². The molecule has 3 rings (SSSR count). The van der Waals surface area contributed by atoms with Crippen LogP contribution in [0.3, 0.4) is 0 Å². The molecule has 1 aliphatic heterocycles. The number of carbonyl (C=O) groups excluding carboxylic acids is 1. The minimum atomic E-state index is -0.606. The maximum atomic E-state index is 13.2. The van der Waals surface area contributed by atoms with E-state index in [0.29, 0.717) is 5.56 Å². The van der Waals surface area contributed by atoms with Gasteiger partial charge in [0.25, 0.3) is 0 Å². The van der Waals surface area contributed by atoms with E-state index < -0.39 is 24.1 Å². The van der Waals surface area contributed by atoms with Crippen LogP contribution in [0.1, 0.15) is 49.4 Å². The van der Waals surface area contributed by atoms with Gasteiger partial charge in [-0.3, -0.25) is 4.79 Å². The van der Waals surface area contributed by atoms with Crippen LogP contribution in [0, 0.1) is 0 Å². The van der Waals surface area contributed by atoms with Crippen molar-refractivity contribution in [3.63, 3.8) is 0 Å². The van der Waals surface area contributed by atoms with Crippen molar-refractivity contribution in [3.05, 3.63) is 71.8 Å². The lowest BCUT2D eigenvalue weighted by Gasteiger charge is -2.32. The van der Waals surface area contributed by atoms with Gasteiger partial charge in [-0.1, -0.05) is 60.7 Å². The Kier molecular flexibility index (Phi) is 4.37. The summed E-state index contributed by atoms with van der Waals surface area (Å²) >= 11 is 0. The van der Waals surface area contributed by atoms with Crippen molar-refractivity contribution in [1.29, 1.82) is 0 Å². The molecule has 0 radical (unpaired) electrons. The van der Waals surface area contributed by atoms with E-state index in [9.17, 15) is 4.79 Å². The third kappa shape index (κ3) is 3.04. The van der Waals surface area contributed by atoms with E-state index in [1.54, 1.807) is 0 Å². The number of benzene rings is 2. The van der Waals surface area contributed by atoms with Crippen LogP contribution in [-0.2, 0) is 9.31 Å². The highest BCUT2D eigenvalue weighted by atomic mass is 16.7. The van der Waals surface area contributed by atoms with Crippen molar-refractivity contribution >= 4 is 12.9 Å². The summed E-state index contributed by atoms with van der Waals surface area (Å²) in [7, 11) is -0.606. The van der Waals surface area contributed by atoms with Gasteiger partial charge in [0.2, 0.25) is 0 Å². The van der Waals surface area contributed by atoms with Gasteiger partial charge in [-0.2, -0.15) is 0 Å². The van der Waals surface area contributed by atoms with Crippen LogP contribution in [0.25, 0.3) is 0 Å². The zero-order chi connectivity index (χ0) is 17.4. The summed E-state index contributed by atoms with van der Waals surface area (Å²) in [4.78, 5) is 13.2. The molecule has 1 fully saturated rings. The number of carbonyl (C=O) groups is 1. The Labute approximate surface area is 144 Å². The molecule has 0 spiro atoms. The van der Waals surface area contributed by atoms with E-state index in [1.165, 1.54) is 0 Å². The lowest BCUT2D eigenvalue weighted by Crippen LogP contribution is -2.41. The molecule has 0 amide bonds. The van der Waals surface area contributed by atoms with Gasteiger partial charge in [0.15, 0.2) is 5.78 Å². The smallest absolute Gasteiger partial charge is 0.403 e. The molecule has 1 atom stereocenters. The molecule has 0 N–H and O–H groups in total. The molecule has 24 heavy (non-hydrogen) atoms. The highest BCUT2D eigenvalue weighted by Crippen LogP contribution is 2.41. The second kappa shape index (κ2) is 6.19. The van der Waals surface area contributed by atoms with Gasteiger partial charge in [-0.05, 0) is 33.3 Å². The Balaban J connectivity index is 2.00. The van der Waals surface area contributed by atoms with E-state index in [-0.39, 0.29) is 5.78 Å². The van der Waals surface area contributed by atoms with E-state index in [4.69, 9.17) is 9.31 Å². The van der Waals surface area contributed by atoms with Gasteiger partial charge in [-0.25, -0.2) is 0 Å². The maximum Gasteiger partial charge on any atom is 0.474 e. The summed E-state index contributed by atoms with van der Waals surface area (Å²) in [6.45, 7) is 8.01. The van der Waals surface area contributed by atoms with Crippen molar-refractivity contribution in [2.75, 3.05) is 0 Å². The molecule has 124 valence electrons. The van der Waals surface area contributed by atoms with Gasteiger partial charge in [0.1, 0.15) is 0 Å². The fourth-order valence-corrected chi connectivity index (χ4v) is 2.90. The van der Waals surface area contributed by atoms with Crippen molar-refractivity contribution in [1.82, 2.24) is 0 Å². The predicted molar refractivity (Wildman–Crippen MR) is 96.0 cm³/mol. The van der Waals surface area contributed by atoms with Gasteiger partial charge < -0.3 is 9.31 Å². The van der Waals surface area contributed by atoms with Gasteiger partial charge in [0.05, 0.1) is 17.0 Å². The van der Waals surface area contributed by atoms with Gasteiger partial charge >= 0.3 is 7.12 Å². The molecular weight excluding hydrogens is 299 g/mol. The third-order valence-electron chi connectivity index (χ3n) is 5.04. The number of rotatable bonds is 4. The highest BCUT2D eigenvalue weighted by molar-refractivity contribution is 6.54. The second-order valence-corrected chi connectivity index (χ2v) is 7.24. The molecule has 1 aliphatic rings. The van der Waals surface area contributed by atoms with Crippen molar-refractivity contribution < 1.29 is 14.1 Å². The Hall–Kier alpha value is -1.91. The normalized spacial score (nSPS) is 19.9. The van der Waals surface area contributed by atoms with E-state index in [2.05, 4.69) is 0 Å². The molecule has 1 heterocycles. The first kappa shape index (κ1) is 16.9. The summed E-state index contributed by atoms with van der Waals surface area (Å²) < 4.78 is 12.4. The molecular formula is C20H23BO3. The lowest BCUT2D eigenvalue weighted by atomic mass is 9.64. The summed E-state index contributed by atoms with van der Waals surface area (Å²) in [5.41, 5.74) is 0.634. The van der Waals surface area contributed by atoms with Gasteiger partial charge in [0, 0.05) is 5.56 Å². The van der Waals surface area contributed by atoms with Crippen LogP contribution in [0.2, 0.25) is 0 Å². The van der Waals surface area contributed by atoms with Crippen molar-refractivity contribution in [2.24, 2.45) is 0 Å². The molecule has 1 unspecified atom stereocenters. The minimum Gasteiger partial charge on any atom is -0.403 e.